The Labute approximate surface area is 193 Å². The first kappa shape index (κ1) is 22.0. The summed E-state index contributed by atoms with van der Waals surface area (Å²) in [5.41, 5.74) is 0.558. The number of hydrogen-bond acceptors (Lipinski definition) is 8. The number of morpholine rings is 1. The smallest absolute Gasteiger partial charge is 0.227 e. The van der Waals surface area contributed by atoms with E-state index < -0.39 is 23.3 Å². The fraction of sp³-hybridized carbons (Fsp3) is 0.364. The summed E-state index contributed by atoms with van der Waals surface area (Å²) < 4.78 is 35.4. The van der Waals surface area contributed by atoms with Gasteiger partial charge in [0.05, 0.1) is 25.2 Å². The van der Waals surface area contributed by atoms with Crippen molar-refractivity contribution in [2.24, 2.45) is 0 Å². The molecular formula is C22H20F2N8O2. The normalized spacial score (nSPS) is 20.6. The summed E-state index contributed by atoms with van der Waals surface area (Å²) in [5.74, 6) is -1.22. The molecule has 34 heavy (non-hydrogen) atoms. The Kier molecular flexibility index (Phi) is 5.95. The van der Waals surface area contributed by atoms with Crippen molar-refractivity contribution in [2.75, 3.05) is 32.8 Å². The second-order valence-corrected chi connectivity index (χ2v) is 8.24. The fourth-order valence-corrected chi connectivity index (χ4v) is 4.31. The van der Waals surface area contributed by atoms with E-state index in [0.29, 0.717) is 44.2 Å². The van der Waals surface area contributed by atoms with Gasteiger partial charge in [-0.3, -0.25) is 9.69 Å². The number of rotatable bonds is 4. The second-order valence-electron chi connectivity index (χ2n) is 8.24. The molecule has 1 amide bonds. The third kappa shape index (κ3) is 4.35. The minimum atomic E-state index is -0.890. The number of carbonyl (C=O) groups excluding carboxylic acids is 1. The number of amides is 1. The zero-order valence-corrected chi connectivity index (χ0v) is 18.0. The van der Waals surface area contributed by atoms with Crippen molar-refractivity contribution >= 4 is 5.91 Å². The highest BCUT2D eigenvalue weighted by Crippen LogP contribution is 2.29. The van der Waals surface area contributed by atoms with Crippen molar-refractivity contribution in [2.45, 2.75) is 18.6 Å². The average molecular weight is 466 g/mol. The molecule has 174 valence electrons. The van der Waals surface area contributed by atoms with Gasteiger partial charge in [0.25, 0.3) is 0 Å². The van der Waals surface area contributed by atoms with Gasteiger partial charge < -0.3 is 9.64 Å². The third-order valence-corrected chi connectivity index (χ3v) is 6.14. The first-order valence-electron chi connectivity index (χ1n) is 10.7. The van der Waals surface area contributed by atoms with Crippen LogP contribution in [0.25, 0.3) is 5.82 Å². The Morgan fingerprint density at radius 3 is 2.71 bits per heavy atom. The Hall–Kier alpha value is -3.82. The van der Waals surface area contributed by atoms with Crippen LogP contribution in [-0.2, 0) is 16.0 Å². The van der Waals surface area contributed by atoms with Crippen molar-refractivity contribution in [3.05, 3.63) is 65.1 Å². The number of tetrazole rings is 1. The van der Waals surface area contributed by atoms with Gasteiger partial charge in [-0.25, -0.2) is 13.8 Å². The van der Waals surface area contributed by atoms with Crippen LogP contribution in [0.1, 0.15) is 22.8 Å². The van der Waals surface area contributed by atoms with Gasteiger partial charge in [-0.05, 0) is 39.8 Å². The number of benzene rings is 1. The monoisotopic (exact) mass is 466 g/mol. The first-order valence-corrected chi connectivity index (χ1v) is 10.7. The highest BCUT2D eigenvalue weighted by atomic mass is 19.1. The molecule has 0 bridgehead atoms. The number of ether oxygens (including phenoxy) is 1. The number of nitrogens with zero attached hydrogens (tertiary/aromatic N) is 8. The van der Waals surface area contributed by atoms with Gasteiger partial charge in [-0.15, -0.1) is 5.10 Å². The number of carbonyl (C=O) groups is 1. The molecule has 2 saturated heterocycles. The summed E-state index contributed by atoms with van der Waals surface area (Å²) in [6.07, 6.45) is 2.80. The Morgan fingerprint density at radius 2 is 2.03 bits per heavy atom. The van der Waals surface area contributed by atoms with E-state index >= 15 is 0 Å². The Balaban J connectivity index is 1.18. The maximum absolute atomic E-state index is 14.0. The molecule has 12 heteroatoms. The van der Waals surface area contributed by atoms with E-state index in [1.165, 1.54) is 17.1 Å². The maximum atomic E-state index is 14.0. The summed E-state index contributed by atoms with van der Waals surface area (Å²) in [5, 5.41) is 19.8. The van der Waals surface area contributed by atoms with Gasteiger partial charge in [-0.1, -0.05) is 6.07 Å². The highest BCUT2D eigenvalue weighted by molar-refractivity contribution is 5.78. The third-order valence-electron chi connectivity index (χ3n) is 6.14. The predicted octanol–water partition coefficient (Wildman–Crippen LogP) is 1.03. The van der Waals surface area contributed by atoms with Gasteiger partial charge >= 0.3 is 0 Å². The van der Waals surface area contributed by atoms with Crippen molar-refractivity contribution in [3.63, 3.8) is 0 Å². The number of piperazine rings is 1. The first-order chi connectivity index (χ1) is 16.5. The molecule has 0 saturated carbocycles. The maximum Gasteiger partial charge on any atom is 0.227 e. The molecule has 0 radical (unpaired) electrons. The van der Waals surface area contributed by atoms with Gasteiger partial charge in [-0.2, -0.15) is 9.94 Å². The molecule has 10 nitrogen and oxygen atoms in total. The van der Waals surface area contributed by atoms with Crippen LogP contribution in [0.4, 0.5) is 8.78 Å². The highest BCUT2D eigenvalue weighted by Gasteiger charge is 2.36. The van der Waals surface area contributed by atoms with E-state index in [-0.39, 0.29) is 18.4 Å². The molecule has 5 rings (SSSR count). The number of aromatic nitrogens is 5. The minimum absolute atomic E-state index is 0.00217. The molecule has 3 aromatic rings. The minimum Gasteiger partial charge on any atom is -0.370 e. The quantitative estimate of drug-likeness (QED) is 0.561. The number of nitriles is 1. The van der Waals surface area contributed by atoms with Crippen molar-refractivity contribution in [1.82, 2.24) is 35.0 Å². The lowest BCUT2D eigenvalue weighted by Crippen LogP contribution is -2.59. The summed E-state index contributed by atoms with van der Waals surface area (Å²) in [6, 6.07) is 7.42. The molecule has 0 spiro atoms. The molecule has 2 aliphatic rings. The molecule has 2 aromatic heterocycles. The van der Waals surface area contributed by atoms with E-state index in [0.717, 1.165) is 17.7 Å². The number of hydrogen-bond donors (Lipinski definition) is 0. The lowest BCUT2D eigenvalue weighted by atomic mass is 10.0. The Morgan fingerprint density at radius 1 is 1.21 bits per heavy atom. The van der Waals surface area contributed by atoms with E-state index in [1.54, 1.807) is 17.2 Å². The van der Waals surface area contributed by atoms with Crippen LogP contribution in [0.15, 0.2) is 36.8 Å². The summed E-state index contributed by atoms with van der Waals surface area (Å²) in [6.45, 7) is 2.49. The van der Waals surface area contributed by atoms with Crippen LogP contribution in [0, 0.1) is 23.0 Å². The largest absolute Gasteiger partial charge is 0.370 e. The van der Waals surface area contributed by atoms with Gasteiger partial charge in [0.15, 0.2) is 5.82 Å². The van der Waals surface area contributed by atoms with Gasteiger partial charge in [0.2, 0.25) is 5.91 Å². The molecule has 0 aliphatic carbocycles. The van der Waals surface area contributed by atoms with Crippen LogP contribution in [0.3, 0.4) is 0 Å². The van der Waals surface area contributed by atoms with E-state index in [1.807, 2.05) is 6.07 Å². The van der Waals surface area contributed by atoms with Crippen LogP contribution >= 0.6 is 0 Å². The van der Waals surface area contributed by atoms with Gasteiger partial charge in [0.1, 0.15) is 29.6 Å². The molecule has 4 heterocycles. The number of pyridine rings is 1. The molecular weight excluding hydrogens is 446 g/mol. The van der Waals surface area contributed by atoms with Crippen molar-refractivity contribution in [3.8, 4) is 11.9 Å². The van der Waals surface area contributed by atoms with E-state index in [9.17, 15) is 13.6 Å². The van der Waals surface area contributed by atoms with Crippen LogP contribution < -0.4 is 0 Å². The van der Waals surface area contributed by atoms with Crippen LogP contribution in [0.5, 0.6) is 0 Å². The zero-order valence-electron chi connectivity index (χ0n) is 18.0. The Bertz CT molecular complexity index is 1210. The lowest BCUT2D eigenvalue weighted by Gasteiger charge is -2.46. The number of halogens is 2. The van der Waals surface area contributed by atoms with Crippen LogP contribution in [-0.4, -0.2) is 79.7 Å². The molecule has 2 aliphatic heterocycles. The average Bonchev–Trinajstić information content (AvgIpc) is 3.39. The molecule has 2 atom stereocenters. The van der Waals surface area contributed by atoms with E-state index in [4.69, 9.17) is 10.00 Å². The van der Waals surface area contributed by atoms with Gasteiger partial charge in [0, 0.05) is 32.4 Å². The van der Waals surface area contributed by atoms with E-state index in [2.05, 4.69) is 25.4 Å². The topological polar surface area (TPSA) is 113 Å². The molecule has 2 unspecified atom stereocenters. The standard InChI is InChI=1S/C22H20F2N8O2/c23-18-6-15(7-19(24)17(18)8-25)20-11-30-3-4-31(10-16(30)12-34-20)22(33)5-14-1-2-21(26-9-14)32-13-27-28-29-32/h1-2,6-7,9,13,16,20H,3-5,10-12H2. The molecule has 2 fully saturated rings. The van der Waals surface area contributed by atoms with Crippen molar-refractivity contribution in [1.29, 1.82) is 5.26 Å². The molecule has 0 N–H and O–H groups in total. The lowest BCUT2D eigenvalue weighted by molar-refractivity contribution is -0.139. The summed E-state index contributed by atoms with van der Waals surface area (Å²) in [4.78, 5) is 21.1. The SMILES string of the molecule is N#Cc1c(F)cc(C2CN3CCN(C(=O)Cc4ccc(-n5cnnn5)nc4)CC3CO2)cc1F. The van der Waals surface area contributed by atoms with Crippen molar-refractivity contribution < 1.29 is 18.3 Å². The summed E-state index contributed by atoms with van der Waals surface area (Å²) >= 11 is 0. The summed E-state index contributed by atoms with van der Waals surface area (Å²) in [7, 11) is 0. The zero-order chi connectivity index (χ0) is 23.7. The van der Waals surface area contributed by atoms with Crippen LogP contribution in [0.2, 0.25) is 0 Å². The fourth-order valence-electron chi connectivity index (χ4n) is 4.31. The molecule has 1 aromatic carbocycles. The number of fused-ring (bicyclic) bond motifs is 1. The predicted molar refractivity (Wildman–Crippen MR) is 112 cm³/mol. The second kappa shape index (κ2) is 9.20.